The standard InChI is InChI=1S/C23H28N2O3/c1-17(18-7-3-2-4-8-18)24-23(26)16-25-12-5-9-20(25)19-10-11-21-22(15-19)28-14-6-13-27-21/h2-4,7-8,10-11,15,17,20H,5-6,9,12-14,16H2,1H3,(H,24,26)/p+1/t17-,20-/m1/s1. The Hall–Kier alpha value is -2.53. The second kappa shape index (κ2) is 8.65. The smallest absolute Gasteiger partial charge is 0.275 e. The predicted octanol–water partition coefficient (Wildman–Crippen LogP) is 2.45. The average Bonchev–Trinajstić information content (AvgIpc) is 3.03. The topological polar surface area (TPSA) is 52.0 Å². The zero-order valence-corrected chi connectivity index (χ0v) is 16.4. The summed E-state index contributed by atoms with van der Waals surface area (Å²) < 4.78 is 11.6. The molecule has 3 atom stereocenters. The van der Waals surface area contributed by atoms with Crippen LogP contribution in [0.4, 0.5) is 0 Å². The molecule has 0 saturated carbocycles. The van der Waals surface area contributed by atoms with Gasteiger partial charge in [0.1, 0.15) is 6.04 Å². The first kappa shape index (κ1) is 18.8. The summed E-state index contributed by atoms with van der Waals surface area (Å²) in [5, 5.41) is 3.15. The van der Waals surface area contributed by atoms with Gasteiger partial charge < -0.3 is 19.7 Å². The number of rotatable bonds is 5. The molecular weight excluding hydrogens is 352 g/mol. The van der Waals surface area contributed by atoms with Gasteiger partial charge in [0, 0.05) is 24.8 Å². The van der Waals surface area contributed by atoms with Crippen molar-refractivity contribution >= 4 is 5.91 Å². The fourth-order valence-electron chi connectivity index (χ4n) is 4.25. The number of carbonyl (C=O) groups is 1. The van der Waals surface area contributed by atoms with Crippen molar-refractivity contribution in [2.24, 2.45) is 0 Å². The zero-order valence-electron chi connectivity index (χ0n) is 16.4. The van der Waals surface area contributed by atoms with Crippen LogP contribution in [0.3, 0.4) is 0 Å². The van der Waals surface area contributed by atoms with Gasteiger partial charge in [-0.2, -0.15) is 0 Å². The number of hydrogen-bond donors (Lipinski definition) is 2. The van der Waals surface area contributed by atoms with E-state index in [4.69, 9.17) is 9.47 Å². The Kier molecular flexibility index (Phi) is 5.81. The van der Waals surface area contributed by atoms with Crippen molar-refractivity contribution in [3.8, 4) is 11.5 Å². The highest BCUT2D eigenvalue weighted by molar-refractivity contribution is 5.77. The van der Waals surface area contributed by atoms with Crippen molar-refractivity contribution in [1.29, 1.82) is 0 Å². The normalized spacial score (nSPS) is 22.3. The van der Waals surface area contributed by atoms with E-state index in [0.29, 0.717) is 25.8 Å². The van der Waals surface area contributed by atoms with Crippen LogP contribution in [0.15, 0.2) is 48.5 Å². The lowest BCUT2D eigenvalue weighted by Crippen LogP contribution is -3.11. The van der Waals surface area contributed by atoms with Gasteiger partial charge in [-0.25, -0.2) is 0 Å². The second-order valence-electron chi connectivity index (χ2n) is 7.74. The third-order valence-electron chi connectivity index (χ3n) is 5.72. The number of amides is 1. The number of hydrogen-bond acceptors (Lipinski definition) is 3. The van der Waals surface area contributed by atoms with Crippen LogP contribution in [0.2, 0.25) is 0 Å². The Bertz CT molecular complexity index is 809. The molecule has 0 aromatic heterocycles. The highest BCUT2D eigenvalue weighted by atomic mass is 16.5. The first-order valence-electron chi connectivity index (χ1n) is 10.3. The molecule has 2 aromatic rings. The van der Waals surface area contributed by atoms with E-state index in [1.165, 1.54) is 10.5 Å². The van der Waals surface area contributed by atoms with Gasteiger partial charge in [-0.3, -0.25) is 4.79 Å². The van der Waals surface area contributed by atoms with Crippen LogP contribution in [0, 0.1) is 0 Å². The number of ether oxygens (including phenoxy) is 2. The van der Waals surface area contributed by atoms with E-state index in [1.807, 2.05) is 43.3 Å². The van der Waals surface area contributed by atoms with Crippen LogP contribution >= 0.6 is 0 Å². The molecule has 2 aliphatic rings. The maximum absolute atomic E-state index is 12.7. The lowest BCUT2D eigenvalue weighted by Gasteiger charge is -2.23. The van der Waals surface area contributed by atoms with Crippen molar-refractivity contribution in [2.45, 2.75) is 38.3 Å². The third-order valence-corrected chi connectivity index (χ3v) is 5.72. The number of fused-ring (bicyclic) bond motifs is 1. The Morgan fingerprint density at radius 1 is 1.11 bits per heavy atom. The maximum atomic E-state index is 12.7. The monoisotopic (exact) mass is 381 g/mol. The molecule has 2 N–H and O–H groups in total. The summed E-state index contributed by atoms with van der Waals surface area (Å²) in [6, 6.07) is 16.7. The molecule has 5 heteroatoms. The Labute approximate surface area is 166 Å². The predicted molar refractivity (Wildman–Crippen MR) is 108 cm³/mol. The minimum absolute atomic E-state index is 0.0206. The van der Waals surface area contributed by atoms with Crippen LogP contribution in [-0.4, -0.2) is 32.2 Å². The molecule has 1 saturated heterocycles. The molecule has 0 radical (unpaired) electrons. The van der Waals surface area contributed by atoms with Crippen molar-refractivity contribution in [3.05, 3.63) is 59.7 Å². The number of quaternary nitrogens is 1. The molecule has 2 aromatic carbocycles. The van der Waals surface area contributed by atoms with Crippen molar-refractivity contribution < 1.29 is 19.2 Å². The van der Waals surface area contributed by atoms with Crippen LogP contribution < -0.4 is 19.7 Å². The number of nitrogens with one attached hydrogen (secondary N) is 2. The van der Waals surface area contributed by atoms with Gasteiger partial charge in [-0.1, -0.05) is 30.3 Å². The Balaban J connectivity index is 1.41. The van der Waals surface area contributed by atoms with Crippen LogP contribution in [-0.2, 0) is 4.79 Å². The minimum Gasteiger partial charge on any atom is -0.490 e. The van der Waals surface area contributed by atoms with E-state index in [2.05, 4.69) is 17.4 Å². The molecule has 4 rings (SSSR count). The number of benzene rings is 2. The summed E-state index contributed by atoms with van der Waals surface area (Å²) in [4.78, 5) is 14.0. The highest BCUT2D eigenvalue weighted by Gasteiger charge is 2.32. The summed E-state index contributed by atoms with van der Waals surface area (Å²) in [7, 11) is 0. The van der Waals surface area contributed by atoms with Crippen molar-refractivity contribution in [3.63, 3.8) is 0 Å². The summed E-state index contributed by atoms with van der Waals surface area (Å²) in [6.45, 7) is 4.95. The van der Waals surface area contributed by atoms with Crippen molar-refractivity contribution in [2.75, 3.05) is 26.3 Å². The molecule has 1 fully saturated rings. The lowest BCUT2D eigenvalue weighted by molar-refractivity contribution is -0.910. The fourth-order valence-corrected chi connectivity index (χ4v) is 4.25. The third kappa shape index (κ3) is 4.30. The molecule has 2 aliphatic heterocycles. The highest BCUT2D eigenvalue weighted by Crippen LogP contribution is 2.33. The van der Waals surface area contributed by atoms with E-state index in [1.54, 1.807) is 0 Å². The molecule has 0 bridgehead atoms. The Morgan fingerprint density at radius 3 is 2.71 bits per heavy atom. The van der Waals surface area contributed by atoms with Crippen molar-refractivity contribution in [1.82, 2.24) is 5.32 Å². The van der Waals surface area contributed by atoms with Gasteiger partial charge in [0.15, 0.2) is 18.0 Å². The van der Waals surface area contributed by atoms with Gasteiger partial charge in [-0.05, 0) is 30.7 Å². The summed E-state index contributed by atoms with van der Waals surface area (Å²) in [6.07, 6.45) is 3.14. The summed E-state index contributed by atoms with van der Waals surface area (Å²) in [5.41, 5.74) is 2.37. The van der Waals surface area contributed by atoms with E-state index >= 15 is 0 Å². The maximum Gasteiger partial charge on any atom is 0.275 e. The molecule has 28 heavy (non-hydrogen) atoms. The molecular formula is C23H29N2O3+. The number of likely N-dealkylation sites (tertiary alicyclic amines) is 1. The summed E-state index contributed by atoms with van der Waals surface area (Å²) in [5.74, 6) is 1.77. The molecule has 0 aliphatic carbocycles. The van der Waals surface area contributed by atoms with E-state index < -0.39 is 0 Å². The Morgan fingerprint density at radius 2 is 1.89 bits per heavy atom. The first-order valence-corrected chi connectivity index (χ1v) is 10.3. The molecule has 5 nitrogen and oxygen atoms in total. The van der Waals surface area contributed by atoms with E-state index in [-0.39, 0.29) is 11.9 Å². The van der Waals surface area contributed by atoms with Gasteiger partial charge in [-0.15, -0.1) is 0 Å². The van der Waals surface area contributed by atoms with Crippen LogP contribution in [0.25, 0.3) is 0 Å². The first-order chi connectivity index (χ1) is 13.7. The van der Waals surface area contributed by atoms with Crippen LogP contribution in [0.1, 0.15) is 49.4 Å². The van der Waals surface area contributed by atoms with E-state index in [9.17, 15) is 4.79 Å². The number of carbonyl (C=O) groups excluding carboxylic acids is 1. The zero-order chi connectivity index (χ0) is 19.3. The lowest BCUT2D eigenvalue weighted by atomic mass is 10.0. The molecule has 1 amide bonds. The quantitative estimate of drug-likeness (QED) is 0.837. The second-order valence-corrected chi connectivity index (χ2v) is 7.74. The average molecular weight is 381 g/mol. The van der Waals surface area contributed by atoms with Gasteiger partial charge in [0.25, 0.3) is 5.91 Å². The fraction of sp³-hybridized carbons (Fsp3) is 0.435. The minimum atomic E-state index is 0.0206. The molecule has 1 unspecified atom stereocenters. The molecule has 2 heterocycles. The SMILES string of the molecule is C[C@@H](NC(=O)C[NH+]1CCC[C@@H]1c1ccc2c(c1)OCCCO2)c1ccccc1. The largest absolute Gasteiger partial charge is 0.490 e. The molecule has 148 valence electrons. The molecule has 0 spiro atoms. The van der Waals surface area contributed by atoms with Gasteiger partial charge >= 0.3 is 0 Å². The van der Waals surface area contributed by atoms with Crippen LogP contribution in [0.5, 0.6) is 11.5 Å². The van der Waals surface area contributed by atoms with Gasteiger partial charge in [0.05, 0.1) is 25.8 Å². The van der Waals surface area contributed by atoms with E-state index in [0.717, 1.165) is 42.9 Å². The summed E-state index contributed by atoms with van der Waals surface area (Å²) >= 11 is 0. The van der Waals surface area contributed by atoms with Gasteiger partial charge in [0.2, 0.25) is 0 Å².